The zero-order valence-corrected chi connectivity index (χ0v) is 17.1. The topological polar surface area (TPSA) is 43.3 Å². The van der Waals surface area contributed by atoms with Crippen molar-refractivity contribution in [2.75, 3.05) is 13.7 Å². The van der Waals surface area contributed by atoms with E-state index in [1.807, 2.05) is 55.5 Å². The lowest BCUT2D eigenvalue weighted by atomic mass is 9.96. The second-order valence-corrected chi connectivity index (χ2v) is 7.35. The third-order valence-electron chi connectivity index (χ3n) is 5.60. The molecule has 0 bridgehead atoms. The van der Waals surface area contributed by atoms with E-state index < -0.39 is 0 Å². The average molecular weight is 400 g/mol. The zero-order chi connectivity index (χ0) is 20.5. The monoisotopic (exact) mass is 400 g/mol. The summed E-state index contributed by atoms with van der Waals surface area (Å²) in [7, 11) is 1.69. The van der Waals surface area contributed by atoms with E-state index in [1.54, 1.807) is 7.11 Å². The highest BCUT2D eigenvalue weighted by atomic mass is 16.5. The van der Waals surface area contributed by atoms with Gasteiger partial charge >= 0.3 is 0 Å². The van der Waals surface area contributed by atoms with Crippen LogP contribution < -0.4 is 14.2 Å². The molecule has 2 aliphatic heterocycles. The van der Waals surface area contributed by atoms with Gasteiger partial charge in [-0.3, -0.25) is 0 Å². The zero-order valence-electron chi connectivity index (χ0n) is 17.1. The van der Waals surface area contributed by atoms with E-state index in [1.165, 1.54) is 0 Å². The number of ether oxygens (including phenoxy) is 3. The van der Waals surface area contributed by atoms with Gasteiger partial charge in [0.1, 0.15) is 17.2 Å². The third-order valence-corrected chi connectivity index (χ3v) is 5.60. The maximum Gasteiger partial charge on any atom is 0.217 e. The molecule has 152 valence electrons. The van der Waals surface area contributed by atoms with Gasteiger partial charge in [0.05, 0.1) is 31.0 Å². The van der Waals surface area contributed by atoms with Gasteiger partial charge < -0.3 is 14.2 Å². The van der Waals surface area contributed by atoms with Crippen LogP contribution in [0.2, 0.25) is 0 Å². The fourth-order valence-corrected chi connectivity index (χ4v) is 4.19. The average Bonchev–Trinajstić information content (AvgIpc) is 3.25. The predicted octanol–water partition coefficient (Wildman–Crippen LogP) is 5.34. The lowest BCUT2D eigenvalue weighted by molar-refractivity contribution is -0.0203. The van der Waals surface area contributed by atoms with E-state index in [0.717, 1.165) is 46.1 Å². The van der Waals surface area contributed by atoms with Crippen LogP contribution in [0, 0.1) is 0 Å². The Kier molecular flexibility index (Phi) is 4.79. The number of benzene rings is 3. The van der Waals surface area contributed by atoms with Crippen molar-refractivity contribution in [1.82, 2.24) is 5.01 Å². The molecule has 0 aromatic heterocycles. The van der Waals surface area contributed by atoms with E-state index in [2.05, 4.69) is 29.3 Å². The van der Waals surface area contributed by atoms with Gasteiger partial charge in [-0.05, 0) is 55.0 Å². The molecule has 0 fully saturated rings. The Labute approximate surface area is 176 Å². The van der Waals surface area contributed by atoms with Gasteiger partial charge in [-0.1, -0.05) is 30.3 Å². The summed E-state index contributed by atoms with van der Waals surface area (Å²) in [4.78, 5) is 0. The highest BCUT2D eigenvalue weighted by Crippen LogP contribution is 2.48. The fourth-order valence-electron chi connectivity index (χ4n) is 4.19. The van der Waals surface area contributed by atoms with Crippen molar-refractivity contribution in [1.29, 1.82) is 0 Å². The van der Waals surface area contributed by atoms with Crippen LogP contribution in [0.3, 0.4) is 0 Å². The molecule has 0 amide bonds. The van der Waals surface area contributed by atoms with Crippen LogP contribution in [-0.4, -0.2) is 24.4 Å². The summed E-state index contributed by atoms with van der Waals surface area (Å²) >= 11 is 0. The van der Waals surface area contributed by atoms with E-state index >= 15 is 0 Å². The van der Waals surface area contributed by atoms with Gasteiger partial charge in [-0.15, -0.1) is 0 Å². The summed E-state index contributed by atoms with van der Waals surface area (Å²) in [6.07, 6.45) is 0.473. The Morgan fingerprint density at radius 3 is 2.47 bits per heavy atom. The molecule has 0 aliphatic carbocycles. The van der Waals surface area contributed by atoms with Crippen LogP contribution in [0.15, 0.2) is 77.9 Å². The van der Waals surface area contributed by atoms with Crippen molar-refractivity contribution in [3.05, 3.63) is 89.5 Å². The lowest BCUT2D eigenvalue weighted by Crippen LogP contribution is -2.33. The van der Waals surface area contributed by atoms with Gasteiger partial charge in [0.15, 0.2) is 0 Å². The maximum atomic E-state index is 6.43. The number of hydrogen-bond donors (Lipinski definition) is 0. The number of hydrogen-bond acceptors (Lipinski definition) is 5. The quantitative estimate of drug-likeness (QED) is 0.580. The third kappa shape index (κ3) is 3.16. The minimum atomic E-state index is -0.346. The molecule has 0 spiro atoms. The fraction of sp³-hybridized carbons (Fsp3) is 0.240. The Hall–Kier alpha value is -3.47. The first-order valence-corrected chi connectivity index (χ1v) is 10.3. The molecule has 2 atom stereocenters. The molecule has 0 N–H and O–H groups in total. The number of hydrazone groups is 1. The molecule has 0 saturated carbocycles. The van der Waals surface area contributed by atoms with Crippen molar-refractivity contribution in [3.63, 3.8) is 0 Å². The van der Waals surface area contributed by atoms with Crippen molar-refractivity contribution >= 4 is 5.71 Å². The Bertz CT molecular complexity index is 1080. The number of rotatable bonds is 5. The molecule has 3 aromatic carbocycles. The lowest BCUT2D eigenvalue weighted by Gasteiger charge is -2.38. The summed E-state index contributed by atoms with van der Waals surface area (Å²) in [5, 5.41) is 7.09. The second-order valence-electron chi connectivity index (χ2n) is 7.35. The maximum absolute atomic E-state index is 6.43. The van der Waals surface area contributed by atoms with Gasteiger partial charge in [-0.2, -0.15) is 5.10 Å². The van der Waals surface area contributed by atoms with E-state index in [4.69, 9.17) is 19.3 Å². The molecule has 2 heterocycles. The largest absolute Gasteiger partial charge is 0.496 e. The highest BCUT2D eigenvalue weighted by Gasteiger charge is 2.41. The molecule has 2 aliphatic rings. The predicted molar refractivity (Wildman–Crippen MR) is 116 cm³/mol. The molecule has 3 aromatic rings. The van der Waals surface area contributed by atoms with Gasteiger partial charge in [-0.25, -0.2) is 5.01 Å². The van der Waals surface area contributed by atoms with Crippen molar-refractivity contribution < 1.29 is 14.2 Å². The Balaban J connectivity index is 1.55. The molecule has 5 heteroatoms. The van der Waals surface area contributed by atoms with Crippen LogP contribution >= 0.6 is 0 Å². The number of methoxy groups -OCH3 is 1. The molecule has 30 heavy (non-hydrogen) atoms. The van der Waals surface area contributed by atoms with Crippen LogP contribution in [0.1, 0.15) is 42.3 Å². The van der Waals surface area contributed by atoms with Crippen molar-refractivity contribution in [3.8, 4) is 17.2 Å². The minimum absolute atomic E-state index is 0.117. The molecular weight excluding hydrogens is 376 g/mol. The van der Waals surface area contributed by atoms with Crippen LogP contribution in [0.4, 0.5) is 0 Å². The summed E-state index contributed by atoms with van der Waals surface area (Å²) in [5.41, 5.74) is 4.27. The molecule has 0 saturated heterocycles. The van der Waals surface area contributed by atoms with Gasteiger partial charge in [0, 0.05) is 12.0 Å². The van der Waals surface area contributed by atoms with Gasteiger partial charge in [0.2, 0.25) is 6.23 Å². The summed E-state index contributed by atoms with van der Waals surface area (Å²) in [6.45, 7) is 2.65. The molecule has 5 rings (SSSR count). The minimum Gasteiger partial charge on any atom is -0.496 e. The van der Waals surface area contributed by atoms with Crippen molar-refractivity contribution in [2.24, 2.45) is 5.10 Å². The molecular formula is C25H24N2O3. The number of nitrogens with zero attached hydrogens (tertiary/aromatic N) is 2. The summed E-state index contributed by atoms with van der Waals surface area (Å²) in [5.74, 6) is 2.57. The molecule has 0 radical (unpaired) electrons. The first-order chi connectivity index (χ1) is 14.8. The number of fused-ring (bicyclic) bond motifs is 3. The van der Waals surface area contributed by atoms with E-state index in [-0.39, 0.29) is 12.3 Å². The SMILES string of the molecule is CCOc1ccc(C2=NN3C(C2)c2ccccc2OC3c2ccccc2OC)cc1. The Morgan fingerprint density at radius 2 is 1.70 bits per heavy atom. The summed E-state index contributed by atoms with van der Waals surface area (Å²) in [6, 6.07) is 24.5. The van der Waals surface area contributed by atoms with E-state index in [0.29, 0.717) is 6.61 Å². The molecule has 5 nitrogen and oxygen atoms in total. The van der Waals surface area contributed by atoms with Crippen LogP contribution in [0.25, 0.3) is 0 Å². The first kappa shape index (κ1) is 18.6. The molecule has 2 unspecified atom stereocenters. The second kappa shape index (κ2) is 7.75. The smallest absolute Gasteiger partial charge is 0.217 e. The van der Waals surface area contributed by atoms with Gasteiger partial charge in [0.25, 0.3) is 0 Å². The van der Waals surface area contributed by atoms with Crippen molar-refractivity contribution in [2.45, 2.75) is 25.6 Å². The highest BCUT2D eigenvalue weighted by molar-refractivity contribution is 6.02. The van der Waals surface area contributed by atoms with Crippen LogP contribution in [0.5, 0.6) is 17.2 Å². The standard InChI is InChI=1S/C25H24N2O3/c1-3-29-18-14-12-17(13-15-18)21-16-22-19-8-4-7-11-24(19)30-25(27(22)26-21)20-9-5-6-10-23(20)28-2/h4-15,22,25H,3,16H2,1-2H3. The first-order valence-electron chi connectivity index (χ1n) is 10.3. The Morgan fingerprint density at radius 1 is 0.967 bits per heavy atom. The normalized spacial score (nSPS) is 19.4. The summed E-state index contributed by atoms with van der Waals surface area (Å²) < 4.78 is 17.6. The van der Waals surface area contributed by atoms with E-state index in [9.17, 15) is 0 Å². The van der Waals surface area contributed by atoms with Crippen LogP contribution in [-0.2, 0) is 0 Å². The number of para-hydroxylation sites is 2.